The summed E-state index contributed by atoms with van der Waals surface area (Å²) in [6.45, 7) is 4.23. The number of nitrogens with one attached hydrogen (secondary N) is 1. The molecule has 1 unspecified atom stereocenters. The number of ether oxygens (including phenoxy) is 1. The largest absolute Gasteiger partial charge is 0.369 e. The Kier molecular flexibility index (Phi) is 6.44. The molecule has 0 aliphatic rings. The fourth-order valence-corrected chi connectivity index (χ4v) is 2.21. The molecule has 0 radical (unpaired) electrons. The van der Waals surface area contributed by atoms with E-state index in [1.54, 1.807) is 19.1 Å². The minimum Gasteiger partial charge on any atom is -0.369 e. The molecule has 128 valence electrons. The van der Waals surface area contributed by atoms with Crippen LogP contribution in [0.2, 0.25) is 0 Å². The van der Waals surface area contributed by atoms with Crippen LogP contribution in [-0.2, 0) is 9.53 Å². The van der Waals surface area contributed by atoms with E-state index in [1.807, 2.05) is 6.92 Å². The summed E-state index contributed by atoms with van der Waals surface area (Å²) >= 11 is 0. The van der Waals surface area contributed by atoms with Crippen molar-refractivity contribution < 1.29 is 18.3 Å². The fourth-order valence-electron chi connectivity index (χ4n) is 2.21. The van der Waals surface area contributed by atoms with Crippen LogP contribution in [0.3, 0.4) is 0 Å². The smallest absolute Gasteiger partial charge is 0.253 e. The number of benzene rings is 2. The van der Waals surface area contributed by atoms with E-state index in [4.69, 9.17) is 4.74 Å². The topological polar surface area (TPSA) is 38.3 Å². The summed E-state index contributed by atoms with van der Waals surface area (Å²) in [5.74, 6) is -1.11. The van der Waals surface area contributed by atoms with Crippen molar-refractivity contribution >= 4 is 11.6 Å². The minimum atomic E-state index is -0.609. The molecule has 5 heteroatoms. The van der Waals surface area contributed by atoms with Crippen molar-refractivity contribution in [3.8, 4) is 11.1 Å². The van der Waals surface area contributed by atoms with Crippen LogP contribution in [0.4, 0.5) is 14.5 Å². The molecule has 0 heterocycles. The molecule has 3 nitrogen and oxygen atoms in total. The first-order chi connectivity index (χ1) is 11.5. The summed E-state index contributed by atoms with van der Waals surface area (Å²) in [5, 5.41) is 2.75. The molecule has 2 aromatic rings. The molecule has 0 aliphatic carbocycles. The van der Waals surface area contributed by atoms with E-state index < -0.39 is 11.9 Å². The minimum absolute atomic E-state index is 0.305. The lowest BCUT2D eigenvalue weighted by molar-refractivity contribution is -0.126. The Morgan fingerprint density at radius 3 is 2.46 bits per heavy atom. The third-order valence-corrected chi connectivity index (χ3v) is 3.63. The van der Waals surface area contributed by atoms with Crippen LogP contribution in [0.5, 0.6) is 0 Å². The van der Waals surface area contributed by atoms with Gasteiger partial charge in [0.1, 0.15) is 17.7 Å². The molecule has 0 spiro atoms. The molecule has 1 amide bonds. The van der Waals surface area contributed by atoms with Crippen LogP contribution in [0, 0.1) is 11.6 Å². The maximum absolute atomic E-state index is 13.6. The van der Waals surface area contributed by atoms with Crippen LogP contribution in [0.25, 0.3) is 11.1 Å². The predicted molar refractivity (Wildman–Crippen MR) is 90.7 cm³/mol. The summed E-state index contributed by atoms with van der Waals surface area (Å²) in [6.07, 6.45) is 1.26. The highest BCUT2D eigenvalue weighted by Gasteiger charge is 2.16. The number of carbonyl (C=O) groups excluding carboxylic acids is 1. The van der Waals surface area contributed by atoms with Crippen molar-refractivity contribution in [2.24, 2.45) is 0 Å². The number of hydrogen-bond donors (Lipinski definition) is 1. The summed E-state index contributed by atoms with van der Waals surface area (Å²) in [4.78, 5) is 12.2. The average Bonchev–Trinajstić information content (AvgIpc) is 2.57. The molecule has 0 saturated carbocycles. The zero-order valence-corrected chi connectivity index (χ0v) is 13.8. The van der Waals surface area contributed by atoms with Crippen molar-refractivity contribution in [2.45, 2.75) is 32.8 Å². The van der Waals surface area contributed by atoms with E-state index in [9.17, 15) is 13.6 Å². The maximum atomic E-state index is 13.6. The highest BCUT2D eigenvalue weighted by atomic mass is 19.1. The third kappa shape index (κ3) is 4.86. The molecule has 24 heavy (non-hydrogen) atoms. The Hall–Kier alpha value is -2.27. The van der Waals surface area contributed by atoms with Crippen molar-refractivity contribution in [1.82, 2.24) is 0 Å². The van der Waals surface area contributed by atoms with Crippen LogP contribution in [-0.4, -0.2) is 18.6 Å². The third-order valence-electron chi connectivity index (χ3n) is 3.63. The normalized spacial score (nSPS) is 12.0. The van der Waals surface area contributed by atoms with Gasteiger partial charge in [-0.25, -0.2) is 8.78 Å². The second-order valence-electron chi connectivity index (χ2n) is 5.55. The standard InChI is InChI=1S/C19H21F2NO2/c1-3-4-11-24-13(2)19(23)22-18-10-9-16(21)12-17(18)14-5-7-15(20)8-6-14/h5-10,12-13H,3-4,11H2,1-2H3,(H,22,23). The lowest BCUT2D eigenvalue weighted by atomic mass is 10.0. The van der Waals surface area contributed by atoms with E-state index in [-0.39, 0.29) is 11.7 Å². The molecule has 2 rings (SSSR count). The Morgan fingerprint density at radius 2 is 1.79 bits per heavy atom. The lowest BCUT2D eigenvalue weighted by Crippen LogP contribution is -2.28. The van der Waals surface area contributed by atoms with E-state index in [0.717, 1.165) is 12.8 Å². The number of halogens is 2. The zero-order valence-electron chi connectivity index (χ0n) is 13.8. The number of hydrogen-bond acceptors (Lipinski definition) is 2. The molecule has 1 N–H and O–H groups in total. The lowest BCUT2D eigenvalue weighted by Gasteiger charge is -2.16. The molecule has 0 saturated heterocycles. The number of unbranched alkanes of at least 4 members (excludes halogenated alkanes) is 1. The van der Waals surface area contributed by atoms with Gasteiger partial charge in [-0.1, -0.05) is 25.5 Å². The van der Waals surface area contributed by atoms with Gasteiger partial charge in [-0.3, -0.25) is 4.79 Å². The van der Waals surface area contributed by atoms with Crippen LogP contribution >= 0.6 is 0 Å². The van der Waals surface area contributed by atoms with Crippen molar-refractivity contribution in [3.05, 3.63) is 54.1 Å². The van der Waals surface area contributed by atoms with Crippen molar-refractivity contribution in [3.63, 3.8) is 0 Å². The first kappa shape index (κ1) is 18.1. The predicted octanol–water partition coefficient (Wildman–Crippen LogP) is 4.78. The van der Waals surface area contributed by atoms with Gasteiger partial charge in [0.2, 0.25) is 0 Å². The molecule has 0 bridgehead atoms. The van der Waals surface area contributed by atoms with E-state index in [2.05, 4.69) is 5.32 Å². The summed E-state index contributed by atoms with van der Waals surface area (Å²) in [5.41, 5.74) is 1.56. The maximum Gasteiger partial charge on any atom is 0.253 e. The van der Waals surface area contributed by atoms with E-state index in [1.165, 1.54) is 30.3 Å². The zero-order chi connectivity index (χ0) is 17.5. The number of anilines is 1. The summed E-state index contributed by atoms with van der Waals surface area (Å²) in [7, 11) is 0. The fraction of sp³-hybridized carbons (Fsp3) is 0.316. The Labute approximate surface area is 140 Å². The van der Waals surface area contributed by atoms with Gasteiger partial charge in [-0.15, -0.1) is 0 Å². The molecular weight excluding hydrogens is 312 g/mol. The monoisotopic (exact) mass is 333 g/mol. The average molecular weight is 333 g/mol. The van der Waals surface area contributed by atoms with Crippen molar-refractivity contribution in [1.29, 1.82) is 0 Å². The van der Waals surface area contributed by atoms with E-state index >= 15 is 0 Å². The van der Waals surface area contributed by atoms with Gasteiger partial charge in [-0.2, -0.15) is 0 Å². The van der Waals surface area contributed by atoms with Gasteiger partial charge in [0.05, 0.1) is 0 Å². The SMILES string of the molecule is CCCCOC(C)C(=O)Nc1ccc(F)cc1-c1ccc(F)cc1. The van der Waals surface area contributed by atoms with Gasteiger partial charge in [0.25, 0.3) is 5.91 Å². The molecule has 0 aliphatic heterocycles. The van der Waals surface area contributed by atoms with E-state index in [0.29, 0.717) is 23.4 Å². The number of rotatable bonds is 7. The van der Waals surface area contributed by atoms with Gasteiger partial charge in [-0.05, 0) is 49.2 Å². The highest BCUT2D eigenvalue weighted by molar-refractivity contribution is 5.97. The van der Waals surface area contributed by atoms with Crippen LogP contribution in [0.1, 0.15) is 26.7 Å². The Balaban J connectivity index is 2.18. The Morgan fingerprint density at radius 1 is 1.12 bits per heavy atom. The molecular formula is C19H21F2NO2. The summed E-state index contributed by atoms with van der Waals surface area (Å²) in [6, 6.07) is 9.74. The van der Waals surface area contributed by atoms with Gasteiger partial charge >= 0.3 is 0 Å². The second kappa shape index (κ2) is 8.55. The molecule has 0 fully saturated rings. The van der Waals surface area contributed by atoms with Crippen LogP contribution < -0.4 is 5.32 Å². The van der Waals surface area contributed by atoms with Gasteiger partial charge < -0.3 is 10.1 Å². The number of carbonyl (C=O) groups is 1. The Bertz CT molecular complexity index is 686. The molecule has 0 aromatic heterocycles. The second-order valence-corrected chi connectivity index (χ2v) is 5.55. The van der Waals surface area contributed by atoms with Crippen molar-refractivity contribution in [2.75, 3.05) is 11.9 Å². The molecule has 1 atom stereocenters. The summed E-state index contributed by atoms with van der Waals surface area (Å²) < 4.78 is 32.2. The molecule has 2 aromatic carbocycles. The van der Waals surface area contributed by atoms with Gasteiger partial charge in [0.15, 0.2) is 0 Å². The quantitative estimate of drug-likeness (QED) is 0.741. The number of amides is 1. The van der Waals surface area contributed by atoms with Gasteiger partial charge in [0, 0.05) is 17.9 Å². The first-order valence-electron chi connectivity index (χ1n) is 7.99. The first-order valence-corrected chi connectivity index (χ1v) is 7.99. The van der Waals surface area contributed by atoms with Crippen LogP contribution in [0.15, 0.2) is 42.5 Å². The highest BCUT2D eigenvalue weighted by Crippen LogP contribution is 2.29.